The number of imidazole rings is 1. The zero-order valence-corrected chi connectivity index (χ0v) is 15.1. The highest BCUT2D eigenvalue weighted by Crippen LogP contribution is 2.25. The predicted octanol–water partition coefficient (Wildman–Crippen LogP) is 4.74. The van der Waals surface area contributed by atoms with Crippen molar-refractivity contribution in [1.29, 1.82) is 0 Å². The van der Waals surface area contributed by atoms with Crippen LogP contribution in [0.1, 0.15) is 25.2 Å². The first-order valence-corrected chi connectivity index (χ1v) is 8.66. The minimum atomic E-state index is 0.588. The number of nitrogens with zero attached hydrogens (tertiary/aromatic N) is 2. The summed E-state index contributed by atoms with van der Waals surface area (Å²) < 4.78 is 2.19. The molecule has 24 heavy (non-hydrogen) atoms. The molecule has 0 aliphatic carbocycles. The zero-order chi connectivity index (χ0) is 17.1. The minimum absolute atomic E-state index is 0.588. The Balaban J connectivity index is 1.88. The average molecular weight is 338 g/mol. The molecule has 5 heteroatoms. The Kier molecular flexibility index (Phi) is 4.81. The van der Waals surface area contributed by atoms with Crippen LogP contribution in [-0.2, 0) is 13.0 Å². The molecule has 124 valence electrons. The maximum atomic E-state index is 5.52. The largest absolute Gasteiger partial charge is 0.332 e. The Labute approximate surface area is 147 Å². The number of para-hydroxylation sites is 2. The standard InChI is InChI=1S/C19H22N4S/c1-4-14-9-6-7-10-15(14)21-19(24)22-17-12-8-11-16-18(17)23(5-2)13(3)20-16/h6-12H,4-5H2,1-3H3,(H2,21,22,24). The molecule has 4 nitrogen and oxygen atoms in total. The van der Waals surface area contributed by atoms with Crippen LogP contribution in [0.2, 0.25) is 0 Å². The van der Waals surface area contributed by atoms with Crippen molar-refractivity contribution in [3.63, 3.8) is 0 Å². The van der Waals surface area contributed by atoms with E-state index in [2.05, 4.69) is 40.1 Å². The van der Waals surface area contributed by atoms with E-state index in [0.29, 0.717) is 5.11 Å². The summed E-state index contributed by atoms with van der Waals surface area (Å²) in [6.45, 7) is 7.17. The van der Waals surface area contributed by atoms with Gasteiger partial charge in [0.1, 0.15) is 5.82 Å². The van der Waals surface area contributed by atoms with Gasteiger partial charge < -0.3 is 15.2 Å². The first-order chi connectivity index (χ1) is 11.6. The van der Waals surface area contributed by atoms with Crippen molar-refractivity contribution in [2.24, 2.45) is 0 Å². The normalized spacial score (nSPS) is 10.8. The van der Waals surface area contributed by atoms with Crippen LogP contribution in [0.3, 0.4) is 0 Å². The SMILES string of the molecule is CCc1ccccc1NC(=S)Nc1cccc2nc(C)n(CC)c12. The highest BCUT2D eigenvalue weighted by atomic mass is 32.1. The van der Waals surface area contributed by atoms with Gasteiger partial charge in [-0.1, -0.05) is 31.2 Å². The van der Waals surface area contributed by atoms with Crippen LogP contribution in [0.5, 0.6) is 0 Å². The fourth-order valence-corrected chi connectivity index (χ4v) is 3.24. The second-order valence-electron chi connectivity index (χ2n) is 5.67. The second kappa shape index (κ2) is 7.01. The van der Waals surface area contributed by atoms with Gasteiger partial charge in [-0.3, -0.25) is 0 Å². The van der Waals surface area contributed by atoms with Crippen molar-refractivity contribution < 1.29 is 0 Å². The van der Waals surface area contributed by atoms with Gasteiger partial charge >= 0.3 is 0 Å². The number of aromatic nitrogens is 2. The number of rotatable bonds is 4. The molecule has 0 atom stereocenters. The van der Waals surface area contributed by atoms with Crippen molar-refractivity contribution in [2.45, 2.75) is 33.7 Å². The zero-order valence-electron chi connectivity index (χ0n) is 14.3. The van der Waals surface area contributed by atoms with E-state index in [9.17, 15) is 0 Å². The topological polar surface area (TPSA) is 41.9 Å². The summed E-state index contributed by atoms with van der Waals surface area (Å²) in [6, 6.07) is 14.3. The van der Waals surface area contributed by atoms with Crippen molar-refractivity contribution in [3.05, 3.63) is 53.9 Å². The maximum absolute atomic E-state index is 5.52. The van der Waals surface area contributed by atoms with Crippen molar-refractivity contribution >= 4 is 39.7 Å². The number of hydrogen-bond acceptors (Lipinski definition) is 2. The molecule has 0 saturated heterocycles. The van der Waals surface area contributed by atoms with Gasteiger partial charge in [-0.05, 0) is 56.2 Å². The first kappa shape index (κ1) is 16.5. The molecule has 0 radical (unpaired) electrons. The second-order valence-corrected chi connectivity index (χ2v) is 6.07. The minimum Gasteiger partial charge on any atom is -0.332 e. The third-order valence-corrected chi connectivity index (χ3v) is 4.37. The Bertz CT molecular complexity index is 882. The highest BCUT2D eigenvalue weighted by Gasteiger charge is 2.11. The lowest BCUT2D eigenvalue weighted by Crippen LogP contribution is -2.20. The Morgan fingerprint density at radius 2 is 1.75 bits per heavy atom. The van der Waals surface area contributed by atoms with Crippen LogP contribution in [-0.4, -0.2) is 14.7 Å². The number of aryl methyl sites for hydroxylation is 3. The quantitative estimate of drug-likeness (QED) is 0.675. The van der Waals surface area contributed by atoms with E-state index in [1.54, 1.807) is 0 Å². The van der Waals surface area contributed by atoms with Crippen LogP contribution in [0.4, 0.5) is 11.4 Å². The average Bonchev–Trinajstić information content (AvgIpc) is 2.91. The Hall–Kier alpha value is -2.40. The van der Waals surface area contributed by atoms with Gasteiger partial charge in [0.15, 0.2) is 5.11 Å². The smallest absolute Gasteiger partial charge is 0.175 e. The summed E-state index contributed by atoms with van der Waals surface area (Å²) in [5, 5.41) is 7.23. The maximum Gasteiger partial charge on any atom is 0.175 e. The van der Waals surface area contributed by atoms with E-state index in [-0.39, 0.29) is 0 Å². The highest BCUT2D eigenvalue weighted by molar-refractivity contribution is 7.80. The third-order valence-electron chi connectivity index (χ3n) is 4.17. The van der Waals surface area contributed by atoms with Crippen LogP contribution < -0.4 is 10.6 Å². The van der Waals surface area contributed by atoms with Gasteiger partial charge in [0.2, 0.25) is 0 Å². The lowest BCUT2D eigenvalue weighted by atomic mass is 10.1. The predicted molar refractivity (Wildman–Crippen MR) is 106 cm³/mol. The van der Waals surface area contributed by atoms with E-state index in [4.69, 9.17) is 12.2 Å². The van der Waals surface area contributed by atoms with Crippen molar-refractivity contribution in [1.82, 2.24) is 9.55 Å². The molecular formula is C19H22N4S. The van der Waals surface area contributed by atoms with Gasteiger partial charge in [-0.2, -0.15) is 0 Å². The van der Waals surface area contributed by atoms with Crippen molar-refractivity contribution in [2.75, 3.05) is 10.6 Å². The molecule has 0 unspecified atom stereocenters. The Morgan fingerprint density at radius 1 is 1.04 bits per heavy atom. The first-order valence-electron chi connectivity index (χ1n) is 8.25. The molecule has 0 spiro atoms. The molecule has 0 bridgehead atoms. The molecule has 0 aliphatic heterocycles. The number of hydrogen-bond donors (Lipinski definition) is 2. The van der Waals surface area contributed by atoms with Gasteiger partial charge in [-0.15, -0.1) is 0 Å². The molecule has 2 N–H and O–H groups in total. The lowest BCUT2D eigenvalue weighted by molar-refractivity contribution is 0.754. The van der Waals surface area contributed by atoms with Crippen LogP contribution in [0, 0.1) is 6.92 Å². The molecule has 3 rings (SSSR count). The van der Waals surface area contributed by atoms with Gasteiger partial charge in [0, 0.05) is 12.2 Å². The van der Waals surface area contributed by atoms with E-state index in [1.807, 2.05) is 43.3 Å². The van der Waals surface area contributed by atoms with E-state index in [0.717, 1.165) is 41.2 Å². The summed E-state index contributed by atoms with van der Waals surface area (Å²) >= 11 is 5.52. The summed E-state index contributed by atoms with van der Waals surface area (Å²) in [6.07, 6.45) is 0.961. The van der Waals surface area contributed by atoms with Gasteiger partial charge in [-0.25, -0.2) is 4.98 Å². The summed E-state index contributed by atoms with van der Waals surface area (Å²) in [4.78, 5) is 4.62. The fraction of sp³-hybridized carbons (Fsp3) is 0.263. The summed E-state index contributed by atoms with van der Waals surface area (Å²) in [5.41, 5.74) is 5.34. The lowest BCUT2D eigenvalue weighted by Gasteiger charge is -2.15. The molecule has 1 heterocycles. The molecule has 0 amide bonds. The number of fused-ring (bicyclic) bond motifs is 1. The molecule has 0 aliphatic rings. The number of benzene rings is 2. The molecule has 1 aromatic heterocycles. The van der Waals surface area contributed by atoms with Crippen LogP contribution in [0.25, 0.3) is 11.0 Å². The monoisotopic (exact) mass is 338 g/mol. The Morgan fingerprint density at radius 3 is 2.50 bits per heavy atom. The molecule has 0 fully saturated rings. The molecule has 2 aromatic carbocycles. The summed E-state index contributed by atoms with van der Waals surface area (Å²) in [7, 11) is 0. The fourth-order valence-electron chi connectivity index (χ4n) is 3.02. The van der Waals surface area contributed by atoms with Crippen LogP contribution >= 0.6 is 12.2 Å². The number of anilines is 2. The van der Waals surface area contributed by atoms with E-state index < -0.39 is 0 Å². The van der Waals surface area contributed by atoms with Gasteiger partial charge in [0.25, 0.3) is 0 Å². The van der Waals surface area contributed by atoms with Crippen LogP contribution in [0.15, 0.2) is 42.5 Å². The molecule has 3 aromatic rings. The number of thiocarbonyl (C=S) groups is 1. The summed E-state index contributed by atoms with van der Waals surface area (Å²) in [5.74, 6) is 1.01. The van der Waals surface area contributed by atoms with Gasteiger partial charge in [0.05, 0.1) is 16.7 Å². The van der Waals surface area contributed by atoms with E-state index in [1.165, 1.54) is 5.56 Å². The molecule has 0 saturated carbocycles. The van der Waals surface area contributed by atoms with E-state index >= 15 is 0 Å². The third kappa shape index (κ3) is 3.12. The number of nitrogens with one attached hydrogen (secondary N) is 2. The van der Waals surface area contributed by atoms with Crippen molar-refractivity contribution in [3.8, 4) is 0 Å². The molecular weight excluding hydrogens is 316 g/mol.